The number of rotatable bonds is 3. The lowest BCUT2D eigenvalue weighted by molar-refractivity contribution is 0.0696. The monoisotopic (exact) mass is 273 g/mol. The van der Waals surface area contributed by atoms with Gasteiger partial charge in [0.1, 0.15) is 5.75 Å². The summed E-state index contributed by atoms with van der Waals surface area (Å²) in [4.78, 5) is 23.2. The molecule has 0 unspecified atom stereocenters. The molecule has 0 aliphatic carbocycles. The Labute approximate surface area is 115 Å². The molecule has 3 N–H and O–H groups in total. The Balaban J connectivity index is 2.66. The van der Waals surface area contributed by atoms with Crippen LogP contribution < -0.4 is 5.32 Å². The van der Waals surface area contributed by atoms with Gasteiger partial charge in [0.2, 0.25) is 0 Å². The fraction of sp³-hybridized carbons (Fsp3) is 0.200. The van der Waals surface area contributed by atoms with Gasteiger partial charge in [-0.15, -0.1) is 0 Å². The lowest BCUT2D eigenvalue weighted by Crippen LogP contribution is -2.30. The summed E-state index contributed by atoms with van der Waals surface area (Å²) in [6, 6.07) is 7.43. The number of fused-ring (bicyclic) bond motifs is 1. The number of aromatic carboxylic acids is 1. The highest BCUT2D eigenvalue weighted by Gasteiger charge is 2.15. The number of nitrogens with one attached hydrogen (secondary N) is 1. The van der Waals surface area contributed by atoms with E-state index >= 15 is 0 Å². The summed E-state index contributed by atoms with van der Waals surface area (Å²) in [6.07, 6.45) is 0. The van der Waals surface area contributed by atoms with Crippen LogP contribution in [0.5, 0.6) is 5.75 Å². The quantitative estimate of drug-likeness (QED) is 0.801. The van der Waals surface area contributed by atoms with E-state index in [1.54, 1.807) is 18.2 Å². The Bertz CT molecular complexity index is 692. The van der Waals surface area contributed by atoms with E-state index in [2.05, 4.69) is 5.32 Å². The number of hydrogen-bond donors (Lipinski definition) is 3. The largest absolute Gasteiger partial charge is 0.507 e. The van der Waals surface area contributed by atoms with Crippen LogP contribution in [0.3, 0.4) is 0 Å². The van der Waals surface area contributed by atoms with Crippen molar-refractivity contribution in [2.75, 3.05) is 0 Å². The molecule has 0 aromatic heterocycles. The maximum absolute atomic E-state index is 12.1. The molecule has 0 aliphatic rings. The molecule has 0 radical (unpaired) electrons. The van der Waals surface area contributed by atoms with Gasteiger partial charge in [0.05, 0.1) is 5.56 Å². The minimum atomic E-state index is -1.15. The van der Waals surface area contributed by atoms with Crippen LogP contribution in [0.2, 0.25) is 0 Å². The predicted molar refractivity (Wildman–Crippen MR) is 75.2 cm³/mol. The molecule has 0 atom stereocenters. The molecule has 0 saturated carbocycles. The number of carboxylic acids is 1. The third kappa shape index (κ3) is 2.56. The smallest absolute Gasteiger partial charge is 0.335 e. The molecular weight excluding hydrogens is 258 g/mol. The predicted octanol–water partition coefficient (Wildman–Crippen LogP) is 2.38. The van der Waals surface area contributed by atoms with Crippen LogP contribution in [-0.2, 0) is 0 Å². The van der Waals surface area contributed by atoms with Crippen molar-refractivity contribution in [3.05, 3.63) is 41.5 Å². The molecule has 20 heavy (non-hydrogen) atoms. The summed E-state index contributed by atoms with van der Waals surface area (Å²) in [7, 11) is 0. The minimum Gasteiger partial charge on any atom is -0.507 e. The highest BCUT2D eigenvalue weighted by molar-refractivity contribution is 6.10. The molecule has 2 aromatic rings. The fourth-order valence-electron chi connectivity index (χ4n) is 2.03. The molecule has 5 nitrogen and oxygen atoms in total. The van der Waals surface area contributed by atoms with Gasteiger partial charge in [0, 0.05) is 17.0 Å². The Kier molecular flexibility index (Phi) is 3.61. The van der Waals surface area contributed by atoms with E-state index in [4.69, 9.17) is 5.11 Å². The first-order valence-corrected chi connectivity index (χ1v) is 6.20. The zero-order valence-corrected chi connectivity index (χ0v) is 11.2. The van der Waals surface area contributed by atoms with Gasteiger partial charge < -0.3 is 15.5 Å². The molecule has 2 aromatic carbocycles. The van der Waals surface area contributed by atoms with Crippen molar-refractivity contribution in [3.63, 3.8) is 0 Å². The summed E-state index contributed by atoms with van der Waals surface area (Å²) < 4.78 is 0. The van der Waals surface area contributed by atoms with Crippen LogP contribution in [0.1, 0.15) is 34.6 Å². The number of benzene rings is 2. The molecule has 5 heteroatoms. The Morgan fingerprint density at radius 2 is 1.85 bits per heavy atom. The van der Waals surface area contributed by atoms with Crippen molar-refractivity contribution in [1.29, 1.82) is 0 Å². The number of aromatic hydroxyl groups is 1. The number of amides is 1. The van der Waals surface area contributed by atoms with Gasteiger partial charge in [-0.05, 0) is 37.4 Å². The van der Waals surface area contributed by atoms with E-state index in [9.17, 15) is 14.7 Å². The lowest BCUT2D eigenvalue weighted by atomic mass is 10.00. The second-order valence-corrected chi connectivity index (χ2v) is 4.83. The van der Waals surface area contributed by atoms with Crippen LogP contribution in [0.15, 0.2) is 30.3 Å². The first kappa shape index (κ1) is 13.9. The second-order valence-electron chi connectivity index (χ2n) is 4.83. The average molecular weight is 273 g/mol. The molecule has 0 spiro atoms. The van der Waals surface area contributed by atoms with E-state index in [0.29, 0.717) is 16.3 Å². The molecule has 1 amide bonds. The van der Waals surface area contributed by atoms with Gasteiger partial charge in [-0.1, -0.05) is 12.1 Å². The number of phenols is 1. The van der Waals surface area contributed by atoms with Gasteiger partial charge in [-0.2, -0.15) is 0 Å². The zero-order chi connectivity index (χ0) is 14.9. The number of carbonyl (C=O) groups excluding carboxylic acids is 1. The summed E-state index contributed by atoms with van der Waals surface area (Å²) in [5.41, 5.74) is 0.286. The summed E-state index contributed by atoms with van der Waals surface area (Å²) in [5.74, 6) is -1.60. The first-order valence-electron chi connectivity index (χ1n) is 6.20. The molecular formula is C15H15NO4. The zero-order valence-electron chi connectivity index (χ0n) is 11.2. The molecule has 0 aliphatic heterocycles. The summed E-state index contributed by atoms with van der Waals surface area (Å²) in [5, 5.41) is 22.5. The number of phenolic OH excluding ortho intramolecular Hbond substituents is 1. The van der Waals surface area contributed by atoms with Gasteiger partial charge in [0.25, 0.3) is 5.91 Å². The van der Waals surface area contributed by atoms with Crippen molar-refractivity contribution in [3.8, 4) is 5.75 Å². The highest BCUT2D eigenvalue weighted by Crippen LogP contribution is 2.29. The topological polar surface area (TPSA) is 86.6 Å². The van der Waals surface area contributed by atoms with Crippen LogP contribution in [0, 0.1) is 0 Å². The molecule has 0 heterocycles. The molecule has 2 rings (SSSR count). The fourth-order valence-corrected chi connectivity index (χ4v) is 2.03. The second kappa shape index (κ2) is 5.21. The maximum atomic E-state index is 12.1. The van der Waals surface area contributed by atoms with Crippen molar-refractivity contribution in [1.82, 2.24) is 5.32 Å². The van der Waals surface area contributed by atoms with Crippen molar-refractivity contribution in [2.24, 2.45) is 0 Å². The van der Waals surface area contributed by atoms with Gasteiger partial charge in [0.15, 0.2) is 0 Å². The van der Waals surface area contributed by atoms with Gasteiger partial charge in [-0.3, -0.25) is 4.79 Å². The standard InChI is InChI=1S/C15H15NO4/c1-8(2)16-14(18)11-5-3-4-10-12(11)6-9(15(19)20)7-13(10)17/h3-8,17H,1-2H3,(H,16,18)(H,19,20). The Hall–Kier alpha value is -2.56. The average Bonchev–Trinajstić information content (AvgIpc) is 2.37. The lowest BCUT2D eigenvalue weighted by Gasteiger charge is -2.11. The third-order valence-corrected chi connectivity index (χ3v) is 2.89. The van der Waals surface area contributed by atoms with E-state index in [1.165, 1.54) is 12.1 Å². The summed E-state index contributed by atoms with van der Waals surface area (Å²) >= 11 is 0. The first-order chi connectivity index (χ1) is 9.40. The molecule has 0 bridgehead atoms. The van der Waals surface area contributed by atoms with E-state index in [-0.39, 0.29) is 23.3 Å². The van der Waals surface area contributed by atoms with E-state index in [1.807, 2.05) is 13.8 Å². The Morgan fingerprint density at radius 1 is 1.15 bits per heavy atom. The number of carboxylic acid groups (broad SMARTS) is 1. The SMILES string of the molecule is CC(C)NC(=O)c1cccc2c(O)cc(C(=O)O)cc12. The van der Waals surface area contributed by atoms with Gasteiger partial charge in [-0.25, -0.2) is 4.79 Å². The van der Waals surface area contributed by atoms with E-state index in [0.717, 1.165) is 0 Å². The highest BCUT2D eigenvalue weighted by atomic mass is 16.4. The van der Waals surface area contributed by atoms with Gasteiger partial charge >= 0.3 is 5.97 Å². The van der Waals surface area contributed by atoms with Crippen molar-refractivity contribution >= 4 is 22.6 Å². The van der Waals surface area contributed by atoms with E-state index < -0.39 is 5.97 Å². The van der Waals surface area contributed by atoms with Crippen molar-refractivity contribution < 1.29 is 19.8 Å². The van der Waals surface area contributed by atoms with Crippen LogP contribution in [0.25, 0.3) is 10.8 Å². The number of carbonyl (C=O) groups is 2. The molecule has 0 fully saturated rings. The third-order valence-electron chi connectivity index (χ3n) is 2.89. The van der Waals surface area contributed by atoms with Crippen LogP contribution >= 0.6 is 0 Å². The number of hydrogen-bond acceptors (Lipinski definition) is 3. The maximum Gasteiger partial charge on any atom is 0.335 e. The Morgan fingerprint density at radius 3 is 2.45 bits per heavy atom. The normalized spacial score (nSPS) is 10.8. The van der Waals surface area contributed by atoms with Crippen LogP contribution in [0.4, 0.5) is 0 Å². The van der Waals surface area contributed by atoms with Crippen molar-refractivity contribution in [2.45, 2.75) is 19.9 Å². The minimum absolute atomic E-state index is 0.0333. The molecule has 104 valence electrons. The molecule has 0 saturated heterocycles. The summed E-state index contributed by atoms with van der Waals surface area (Å²) in [6.45, 7) is 3.67. The van der Waals surface area contributed by atoms with Crippen LogP contribution in [-0.4, -0.2) is 28.1 Å².